The molecule has 1 amide bonds. The molecule has 0 unspecified atom stereocenters. The number of amides is 1. The number of halogens is 3. The maximum Gasteiger partial charge on any atom is 0.471 e. The van der Waals surface area contributed by atoms with E-state index in [0.29, 0.717) is 6.07 Å². The second kappa shape index (κ2) is 5.72. The smallest absolute Gasteiger partial charge is 0.471 e. The second-order valence-electron chi connectivity index (χ2n) is 3.87. The zero-order valence-electron chi connectivity index (χ0n) is 10.6. The molecule has 0 aliphatic carbocycles. The van der Waals surface area contributed by atoms with Gasteiger partial charge >= 0.3 is 18.1 Å². The SMILES string of the molecule is CCS(=O)(=O)c1ccc(C(=O)O)c(NC(=O)C(F)(F)F)c1. The Bertz CT molecular complexity index is 682. The van der Waals surface area contributed by atoms with E-state index in [0.717, 1.165) is 12.1 Å². The summed E-state index contributed by atoms with van der Waals surface area (Å²) in [6.45, 7) is 1.31. The van der Waals surface area contributed by atoms with Crippen molar-refractivity contribution in [3.8, 4) is 0 Å². The average molecular weight is 325 g/mol. The maximum atomic E-state index is 12.2. The molecule has 1 rings (SSSR count). The van der Waals surface area contributed by atoms with E-state index in [2.05, 4.69) is 0 Å². The lowest BCUT2D eigenvalue weighted by Crippen LogP contribution is -2.30. The number of anilines is 1. The number of nitrogens with one attached hydrogen (secondary N) is 1. The van der Waals surface area contributed by atoms with E-state index < -0.39 is 39.1 Å². The highest BCUT2D eigenvalue weighted by Gasteiger charge is 2.39. The Balaban J connectivity index is 3.36. The number of rotatable bonds is 4. The summed E-state index contributed by atoms with van der Waals surface area (Å²) in [7, 11) is -3.76. The predicted octanol–water partition coefficient (Wildman–Crippen LogP) is 1.68. The van der Waals surface area contributed by atoms with E-state index in [-0.39, 0.29) is 10.6 Å². The lowest BCUT2D eigenvalue weighted by atomic mass is 10.2. The number of hydrogen-bond donors (Lipinski definition) is 2. The third kappa shape index (κ3) is 3.94. The summed E-state index contributed by atoms with van der Waals surface area (Å²) in [4.78, 5) is 21.4. The highest BCUT2D eigenvalue weighted by Crippen LogP contribution is 2.24. The number of carboxylic acid groups (broad SMARTS) is 1. The van der Waals surface area contributed by atoms with Crippen LogP contribution in [0.1, 0.15) is 17.3 Å². The number of alkyl halides is 3. The van der Waals surface area contributed by atoms with Gasteiger partial charge in [0.1, 0.15) is 0 Å². The zero-order chi connectivity index (χ0) is 16.4. The average Bonchev–Trinajstić information content (AvgIpc) is 2.37. The van der Waals surface area contributed by atoms with Crippen molar-refractivity contribution >= 4 is 27.4 Å². The molecule has 21 heavy (non-hydrogen) atoms. The molecule has 0 saturated heterocycles. The van der Waals surface area contributed by atoms with E-state index in [1.807, 2.05) is 0 Å². The first-order valence-corrected chi connectivity index (χ1v) is 7.12. The molecule has 1 aromatic rings. The van der Waals surface area contributed by atoms with Crippen LogP contribution >= 0.6 is 0 Å². The van der Waals surface area contributed by atoms with Gasteiger partial charge in [-0.15, -0.1) is 0 Å². The minimum absolute atomic E-state index is 0.327. The Morgan fingerprint density at radius 3 is 2.29 bits per heavy atom. The van der Waals surface area contributed by atoms with Crippen LogP contribution in [0.3, 0.4) is 0 Å². The Morgan fingerprint density at radius 2 is 1.86 bits per heavy atom. The summed E-state index contributed by atoms with van der Waals surface area (Å²) in [6.07, 6.45) is -5.23. The van der Waals surface area contributed by atoms with Crippen molar-refractivity contribution in [3.63, 3.8) is 0 Å². The standard InChI is InChI=1S/C11H10F3NO5S/c1-2-21(19,20)6-3-4-7(9(16)17)8(5-6)15-10(18)11(12,13)14/h3-5H,2H2,1H3,(H,15,18)(H,16,17). The number of carbonyl (C=O) groups is 2. The van der Waals surface area contributed by atoms with Crippen LogP contribution in [0.4, 0.5) is 18.9 Å². The number of carboxylic acids is 1. The minimum Gasteiger partial charge on any atom is -0.478 e. The number of carbonyl (C=O) groups excluding carboxylic acids is 1. The summed E-state index contributed by atoms with van der Waals surface area (Å²) >= 11 is 0. The Labute approximate surface area is 117 Å². The third-order valence-corrected chi connectivity index (χ3v) is 4.20. The predicted molar refractivity (Wildman–Crippen MR) is 65.8 cm³/mol. The van der Waals surface area contributed by atoms with Crippen LogP contribution in [0.5, 0.6) is 0 Å². The number of hydrogen-bond acceptors (Lipinski definition) is 4. The molecule has 0 aliphatic rings. The van der Waals surface area contributed by atoms with Crippen molar-refractivity contribution < 1.29 is 36.3 Å². The molecule has 2 N–H and O–H groups in total. The topological polar surface area (TPSA) is 101 Å². The number of benzene rings is 1. The summed E-state index contributed by atoms with van der Waals surface area (Å²) < 4.78 is 59.8. The van der Waals surface area contributed by atoms with Crippen molar-refractivity contribution in [1.82, 2.24) is 0 Å². The monoisotopic (exact) mass is 325 g/mol. The van der Waals surface area contributed by atoms with Crippen LogP contribution in [-0.4, -0.2) is 37.3 Å². The number of aromatic carboxylic acids is 1. The van der Waals surface area contributed by atoms with E-state index in [9.17, 15) is 31.2 Å². The van der Waals surface area contributed by atoms with Crippen LogP contribution in [0.25, 0.3) is 0 Å². The molecule has 0 atom stereocenters. The van der Waals surface area contributed by atoms with E-state index in [4.69, 9.17) is 5.11 Å². The van der Waals surface area contributed by atoms with Gasteiger partial charge in [-0.3, -0.25) is 4.79 Å². The van der Waals surface area contributed by atoms with Gasteiger partial charge in [0.15, 0.2) is 9.84 Å². The zero-order valence-corrected chi connectivity index (χ0v) is 11.4. The van der Waals surface area contributed by atoms with Crippen LogP contribution in [-0.2, 0) is 14.6 Å². The van der Waals surface area contributed by atoms with E-state index in [1.54, 1.807) is 0 Å². The van der Waals surface area contributed by atoms with Gasteiger partial charge in [0.05, 0.1) is 21.9 Å². The summed E-state index contributed by atoms with van der Waals surface area (Å²) in [5, 5.41) is 10.2. The summed E-state index contributed by atoms with van der Waals surface area (Å²) in [6, 6.07) is 2.45. The maximum absolute atomic E-state index is 12.2. The molecule has 0 aliphatic heterocycles. The fourth-order valence-electron chi connectivity index (χ4n) is 1.37. The van der Waals surface area contributed by atoms with Crippen LogP contribution in [0.15, 0.2) is 23.1 Å². The largest absolute Gasteiger partial charge is 0.478 e. The normalized spacial score (nSPS) is 12.0. The Morgan fingerprint density at radius 1 is 1.29 bits per heavy atom. The van der Waals surface area contributed by atoms with Crippen LogP contribution in [0, 0.1) is 0 Å². The van der Waals surface area contributed by atoms with E-state index >= 15 is 0 Å². The molecule has 0 bridgehead atoms. The van der Waals surface area contributed by atoms with Gasteiger partial charge in [-0.2, -0.15) is 13.2 Å². The Hall–Kier alpha value is -2.10. The molecule has 0 spiro atoms. The van der Waals surface area contributed by atoms with Gasteiger partial charge in [-0.25, -0.2) is 13.2 Å². The van der Waals surface area contributed by atoms with Crippen molar-refractivity contribution in [1.29, 1.82) is 0 Å². The fourth-order valence-corrected chi connectivity index (χ4v) is 2.27. The highest BCUT2D eigenvalue weighted by molar-refractivity contribution is 7.91. The quantitative estimate of drug-likeness (QED) is 0.877. The first-order chi connectivity index (χ1) is 9.49. The third-order valence-electron chi connectivity index (χ3n) is 2.47. The van der Waals surface area contributed by atoms with Gasteiger partial charge in [0.2, 0.25) is 0 Å². The lowest BCUT2D eigenvalue weighted by Gasteiger charge is -2.12. The fraction of sp³-hybridized carbons (Fsp3) is 0.273. The van der Waals surface area contributed by atoms with Gasteiger partial charge in [0, 0.05) is 0 Å². The van der Waals surface area contributed by atoms with Gasteiger partial charge in [-0.05, 0) is 18.2 Å². The molecule has 116 valence electrons. The van der Waals surface area contributed by atoms with Crippen molar-refractivity contribution in [2.24, 2.45) is 0 Å². The molecular formula is C11H10F3NO5S. The van der Waals surface area contributed by atoms with Crippen molar-refractivity contribution in [3.05, 3.63) is 23.8 Å². The molecule has 10 heteroatoms. The molecule has 0 fully saturated rings. The molecule has 6 nitrogen and oxygen atoms in total. The highest BCUT2D eigenvalue weighted by atomic mass is 32.2. The van der Waals surface area contributed by atoms with Crippen LogP contribution < -0.4 is 5.32 Å². The lowest BCUT2D eigenvalue weighted by molar-refractivity contribution is -0.167. The first-order valence-electron chi connectivity index (χ1n) is 5.47. The van der Waals surface area contributed by atoms with Crippen molar-refractivity contribution in [2.75, 3.05) is 11.1 Å². The first kappa shape index (κ1) is 17.0. The van der Waals surface area contributed by atoms with Gasteiger partial charge in [0.25, 0.3) is 0 Å². The molecule has 1 aromatic carbocycles. The molecular weight excluding hydrogens is 315 g/mol. The molecule has 0 saturated carbocycles. The van der Waals surface area contributed by atoms with E-state index in [1.165, 1.54) is 12.2 Å². The Kier molecular flexibility index (Phi) is 4.62. The second-order valence-corrected chi connectivity index (χ2v) is 6.15. The van der Waals surface area contributed by atoms with Gasteiger partial charge in [-0.1, -0.05) is 6.92 Å². The molecule has 0 heterocycles. The summed E-state index contributed by atoms with van der Waals surface area (Å²) in [5.41, 5.74) is -1.39. The molecule has 0 radical (unpaired) electrons. The van der Waals surface area contributed by atoms with Crippen molar-refractivity contribution in [2.45, 2.75) is 18.0 Å². The summed E-state index contributed by atoms with van der Waals surface area (Å²) in [5.74, 6) is -4.32. The van der Waals surface area contributed by atoms with Crippen LogP contribution in [0.2, 0.25) is 0 Å². The number of sulfone groups is 1. The molecule has 0 aromatic heterocycles. The minimum atomic E-state index is -5.23. The van der Waals surface area contributed by atoms with Gasteiger partial charge < -0.3 is 10.4 Å².